The molecule has 25 heavy (non-hydrogen) atoms. The molecule has 1 N–H and O–H groups in total. The summed E-state index contributed by atoms with van der Waals surface area (Å²) in [5.41, 5.74) is 3.43. The van der Waals surface area contributed by atoms with Gasteiger partial charge in [-0.3, -0.25) is 14.5 Å². The minimum Gasteiger partial charge on any atom is -0.350 e. The summed E-state index contributed by atoms with van der Waals surface area (Å²) >= 11 is 7.52. The highest BCUT2D eigenvalue weighted by atomic mass is 35.5. The van der Waals surface area contributed by atoms with Crippen LogP contribution in [0.15, 0.2) is 35.4 Å². The van der Waals surface area contributed by atoms with E-state index in [0.717, 1.165) is 27.5 Å². The van der Waals surface area contributed by atoms with E-state index in [1.165, 1.54) is 16.7 Å². The summed E-state index contributed by atoms with van der Waals surface area (Å²) in [4.78, 5) is 30.7. The second kappa shape index (κ2) is 7.45. The monoisotopic (exact) mass is 375 g/mol. The second-order valence-corrected chi connectivity index (χ2v) is 7.24. The zero-order valence-corrected chi connectivity index (χ0v) is 15.6. The van der Waals surface area contributed by atoms with Crippen molar-refractivity contribution in [2.24, 2.45) is 0 Å². The molecule has 3 rings (SSSR count). The zero-order valence-electron chi connectivity index (χ0n) is 14.0. The molecule has 0 bridgehead atoms. The van der Waals surface area contributed by atoms with Crippen LogP contribution in [0.2, 0.25) is 5.02 Å². The van der Waals surface area contributed by atoms with Crippen molar-refractivity contribution in [2.45, 2.75) is 25.4 Å². The van der Waals surface area contributed by atoms with E-state index in [1.54, 1.807) is 6.07 Å². The number of nitrogens with zero attached hydrogens (tertiary/aromatic N) is 2. The number of carbonyl (C=O) groups excluding carboxylic acids is 2. The Morgan fingerprint density at radius 3 is 2.88 bits per heavy atom. The van der Waals surface area contributed by atoms with Crippen LogP contribution in [-0.4, -0.2) is 29.1 Å². The second-order valence-electron chi connectivity index (χ2n) is 5.87. The number of aryl methyl sites for hydroxylation is 2. The molecule has 1 aliphatic rings. The minimum absolute atomic E-state index is 0.0254. The van der Waals surface area contributed by atoms with Gasteiger partial charge in [0.1, 0.15) is 11.6 Å². The van der Waals surface area contributed by atoms with E-state index in [1.807, 2.05) is 38.1 Å². The topological polar surface area (TPSA) is 62.3 Å². The van der Waals surface area contributed by atoms with Gasteiger partial charge in [0.2, 0.25) is 11.8 Å². The van der Waals surface area contributed by atoms with Gasteiger partial charge in [0.25, 0.3) is 0 Å². The molecule has 0 saturated carbocycles. The number of carbonyl (C=O) groups is 2. The SMILES string of the molecule is Cc1cc(C)c2c(n1)SCC(=O)N2CC(=O)NCc1ccccc1Cl. The molecule has 0 radical (unpaired) electrons. The van der Waals surface area contributed by atoms with Crippen molar-refractivity contribution in [3.63, 3.8) is 0 Å². The van der Waals surface area contributed by atoms with Crippen LogP contribution < -0.4 is 10.2 Å². The maximum Gasteiger partial charge on any atom is 0.240 e. The number of halogens is 1. The molecular weight excluding hydrogens is 358 g/mol. The van der Waals surface area contributed by atoms with Crippen molar-refractivity contribution >= 4 is 40.9 Å². The van der Waals surface area contributed by atoms with E-state index < -0.39 is 0 Å². The molecule has 0 atom stereocenters. The van der Waals surface area contributed by atoms with Crippen molar-refractivity contribution in [3.05, 3.63) is 52.2 Å². The van der Waals surface area contributed by atoms with Crippen LogP contribution in [0.5, 0.6) is 0 Å². The average molecular weight is 376 g/mol. The maximum absolute atomic E-state index is 12.4. The van der Waals surface area contributed by atoms with Crippen molar-refractivity contribution < 1.29 is 9.59 Å². The molecule has 0 unspecified atom stereocenters. The Kier molecular flexibility index (Phi) is 5.30. The average Bonchev–Trinajstić information content (AvgIpc) is 2.56. The third-order valence-corrected chi connectivity index (χ3v) is 5.24. The first kappa shape index (κ1) is 17.8. The highest BCUT2D eigenvalue weighted by Crippen LogP contribution is 2.36. The lowest BCUT2D eigenvalue weighted by Crippen LogP contribution is -2.43. The number of pyridine rings is 1. The number of thioether (sulfide) groups is 1. The number of benzene rings is 1. The van der Waals surface area contributed by atoms with E-state index in [4.69, 9.17) is 11.6 Å². The molecule has 7 heteroatoms. The number of hydrogen-bond donors (Lipinski definition) is 1. The van der Waals surface area contributed by atoms with E-state index in [2.05, 4.69) is 10.3 Å². The number of anilines is 1. The summed E-state index contributed by atoms with van der Waals surface area (Å²) < 4.78 is 0. The third-order valence-electron chi connectivity index (χ3n) is 3.92. The predicted molar refractivity (Wildman–Crippen MR) is 100 cm³/mol. The number of aromatic nitrogens is 1. The number of fused-ring (bicyclic) bond motifs is 1. The molecule has 1 aliphatic heterocycles. The quantitative estimate of drug-likeness (QED) is 0.891. The van der Waals surface area contributed by atoms with E-state index in [9.17, 15) is 9.59 Å². The third kappa shape index (κ3) is 3.96. The van der Waals surface area contributed by atoms with Crippen LogP contribution in [0.4, 0.5) is 5.69 Å². The fourth-order valence-electron chi connectivity index (χ4n) is 2.76. The molecule has 130 valence electrons. The van der Waals surface area contributed by atoms with Gasteiger partial charge in [-0.15, -0.1) is 0 Å². The molecule has 0 fully saturated rings. The first-order chi connectivity index (χ1) is 12.0. The van der Waals surface area contributed by atoms with Crippen molar-refractivity contribution in [1.82, 2.24) is 10.3 Å². The lowest BCUT2D eigenvalue weighted by molar-refractivity contribution is -0.123. The molecule has 0 aliphatic carbocycles. The predicted octanol–water partition coefficient (Wildman–Crippen LogP) is 3.11. The van der Waals surface area contributed by atoms with E-state index in [-0.39, 0.29) is 18.4 Å². The zero-order chi connectivity index (χ0) is 18.0. The van der Waals surface area contributed by atoms with Crippen LogP contribution in [-0.2, 0) is 16.1 Å². The number of nitrogens with one attached hydrogen (secondary N) is 1. The van der Waals surface area contributed by atoms with Gasteiger partial charge in [0.05, 0.1) is 11.4 Å². The summed E-state index contributed by atoms with van der Waals surface area (Å²) in [7, 11) is 0. The summed E-state index contributed by atoms with van der Waals surface area (Å²) in [6.45, 7) is 4.15. The highest BCUT2D eigenvalue weighted by molar-refractivity contribution is 8.00. The summed E-state index contributed by atoms with van der Waals surface area (Å²) in [6, 6.07) is 9.27. The molecule has 2 heterocycles. The Balaban J connectivity index is 1.73. The standard InChI is InChI=1S/C18H18ClN3O2S/c1-11-7-12(2)21-18-17(11)22(16(24)10-25-18)9-15(23)20-8-13-5-3-4-6-14(13)19/h3-7H,8-10H2,1-2H3,(H,20,23). The van der Waals surface area contributed by atoms with E-state index in [0.29, 0.717) is 17.3 Å². The van der Waals surface area contributed by atoms with Crippen molar-refractivity contribution in [2.75, 3.05) is 17.2 Å². The Morgan fingerprint density at radius 2 is 2.12 bits per heavy atom. The Morgan fingerprint density at radius 1 is 1.36 bits per heavy atom. The number of hydrogen-bond acceptors (Lipinski definition) is 4. The van der Waals surface area contributed by atoms with Crippen LogP contribution in [0, 0.1) is 13.8 Å². The fraction of sp³-hybridized carbons (Fsp3) is 0.278. The van der Waals surface area contributed by atoms with Gasteiger partial charge in [0, 0.05) is 17.3 Å². The van der Waals surface area contributed by atoms with E-state index >= 15 is 0 Å². The fourth-order valence-corrected chi connectivity index (χ4v) is 3.99. The molecule has 2 amide bonds. The highest BCUT2D eigenvalue weighted by Gasteiger charge is 2.29. The summed E-state index contributed by atoms with van der Waals surface area (Å²) in [6.07, 6.45) is 0. The number of amides is 2. The van der Waals surface area contributed by atoms with Gasteiger partial charge in [-0.1, -0.05) is 41.6 Å². The molecule has 1 aromatic heterocycles. The lowest BCUT2D eigenvalue weighted by atomic mass is 10.2. The summed E-state index contributed by atoms with van der Waals surface area (Å²) in [5, 5.41) is 4.23. The van der Waals surface area contributed by atoms with Gasteiger partial charge in [0.15, 0.2) is 0 Å². The van der Waals surface area contributed by atoms with Gasteiger partial charge in [-0.05, 0) is 37.1 Å². The van der Waals surface area contributed by atoms with Gasteiger partial charge in [-0.25, -0.2) is 4.98 Å². The van der Waals surface area contributed by atoms with Crippen LogP contribution in [0.25, 0.3) is 0 Å². The Bertz CT molecular complexity index is 841. The van der Waals surface area contributed by atoms with Crippen LogP contribution in [0.1, 0.15) is 16.8 Å². The van der Waals surface area contributed by atoms with Crippen LogP contribution >= 0.6 is 23.4 Å². The molecule has 2 aromatic rings. The molecule has 1 aromatic carbocycles. The minimum atomic E-state index is -0.230. The first-order valence-corrected chi connectivity index (χ1v) is 9.23. The smallest absolute Gasteiger partial charge is 0.240 e. The largest absolute Gasteiger partial charge is 0.350 e. The summed E-state index contributed by atoms with van der Waals surface area (Å²) in [5.74, 6) is -0.0222. The molecule has 5 nitrogen and oxygen atoms in total. The van der Waals surface area contributed by atoms with Crippen molar-refractivity contribution in [3.8, 4) is 0 Å². The molecular formula is C18H18ClN3O2S. The van der Waals surface area contributed by atoms with Gasteiger partial charge >= 0.3 is 0 Å². The maximum atomic E-state index is 12.4. The number of rotatable bonds is 4. The molecule has 0 spiro atoms. The Labute approximate surface area is 155 Å². The molecule has 0 saturated heterocycles. The van der Waals surface area contributed by atoms with Crippen molar-refractivity contribution in [1.29, 1.82) is 0 Å². The Hall–Kier alpha value is -2.05. The van der Waals surface area contributed by atoms with Gasteiger partial charge in [-0.2, -0.15) is 0 Å². The normalized spacial score (nSPS) is 13.6. The van der Waals surface area contributed by atoms with Gasteiger partial charge < -0.3 is 5.32 Å². The van der Waals surface area contributed by atoms with Crippen LogP contribution in [0.3, 0.4) is 0 Å². The lowest BCUT2D eigenvalue weighted by Gasteiger charge is -2.29. The first-order valence-electron chi connectivity index (χ1n) is 7.87.